The van der Waals surface area contributed by atoms with Gasteiger partial charge in [0.05, 0.1) is 11.0 Å². The van der Waals surface area contributed by atoms with Gasteiger partial charge in [0.1, 0.15) is 6.33 Å². The number of pyridine rings is 1. The number of aromatic nitrogens is 3. The van der Waals surface area contributed by atoms with Crippen molar-refractivity contribution in [1.29, 1.82) is 0 Å². The third-order valence-corrected chi connectivity index (χ3v) is 4.76. The molecule has 0 aliphatic carbocycles. The Morgan fingerprint density at radius 2 is 1.88 bits per heavy atom. The molecule has 0 saturated heterocycles. The molecule has 0 aliphatic heterocycles. The minimum Gasteiger partial charge on any atom is -0.396 e. The number of aliphatic hydroxyl groups is 1. The molecule has 4 nitrogen and oxygen atoms in total. The molecule has 0 radical (unpaired) electrons. The van der Waals surface area contributed by atoms with Crippen molar-refractivity contribution in [3.05, 3.63) is 78.4 Å². The van der Waals surface area contributed by atoms with Crippen LogP contribution in [0.15, 0.2) is 67.3 Å². The van der Waals surface area contributed by atoms with E-state index < -0.39 is 0 Å². The van der Waals surface area contributed by atoms with Gasteiger partial charge in [0.15, 0.2) is 0 Å². The monoisotopic (exact) mass is 343 g/mol. The second-order valence-electron chi connectivity index (χ2n) is 6.31. The Hall–Kier alpha value is -2.98. The summed E-state index contributed by atoms with van der Waals surface area (Å²) in [7, 11) is 0. The molecule has 0 fully saturated rings. The largest absolute Gasteiger partial charge is 0.396 e. The Morgan fingerprint density at radius 3 is 2.58 bits per heavy atom. The number of imidazole rings is 1. The van der Waals surface area contributed by atoms with E-state index in [1.165, 1.54) is 11.1 Å². The number of rotatable bonds is 5. The molecular weight excluding hydrogens is 322 g/mol. The van der Waals surface area contributed by atoms with Crippen LogP contribution in [-0.4, -0.2) is 26.2 Å². The lowest BCUT2D eigenvalue weighted by Crippen LogP contribution is -1.96. The molecule has 0 spiro atoms. The number of hydrogen-bond donors (Lipinski definition) is 1. The van der Waals surface area contributed by atoms with Gasteiger partial charge in [-0.3, -0.25) is 9.55 Å². The van der Waals surface area contributed by atoms with Gasteiger partial charge in [-0.2, -0.15) is 0 Å². The van der Waals surface area contributed by atoms with E-state index in [4.69, 9.17) is 10.1 Å². The van der Waals surface area contributed by atoms with Crippen LogP contribution < -0.4 is 0 Å². The van der Waals surface area contributed by atoms with E-state index in [0.717, 1.165) is 34.3 Å². The number of aliphatic hydroxyl groups excluding tert-OH is 1. The van der Waals surface area contributed by atoms with Gasteiger partial charge in [-0.1, -0.05) is 31.2 Å². The van der Waals surface area contributed by atoms with Crippen molar-refractivity contribution in [2.24, 2.45) is 0 Å². The van der Waals surface area contributed by atoms with E-state index in [9.17, 15) is 0 Å². The van der Waals surface area contributed by atoms with Crippen LogP contribution in [0.3, 0.4) is 0 Å². The zero-order chi connectivity index (χ0) is 17.9. The summed E-state index contributed by atoms with van der Waals surface area (Å²) in [5.41, 5.74) is 7.90. The predicted molar refractivity (Wildman–Crippen MR) is 104 cm³/mol. The Labute approximate surface area is 152 Å². The highest BCUT2D eigenvalue weighted by molar-refractivity contribution is 5.88. The number of hydrogen-bond acceptors (Lipinski definition) is 3. The van der Waals surface area contributed by atoms with Gasteiger partial charge >= 0.3 is 0 Å². The molecule has 0 atom stereocenters. The standard InChI is InChI=1S/C22H21N3O/c1-2-19-20(17-4-3-12-23-14-17)9-10-21-22(19)24-15-25(21)18-7-5-16(6-8-18)11-13-26/h3-10,12,14-15,26H,2,11,13H2,1H3. The van der Waals surface area contributed by atoms with Crippen LogP contribution in [0.4, 0.5) is 0 Å². The lowest BCUT2D eigenvalue weighted by molar-refractivity contribution is 0.299. The van der Waals surface area contributed by atoms with Crippen LogP contribution in [-0.2, 0) is 12.8 Å². The minimum absolute atomic E-state index is 0.171. The first-order valence-corrected chi connectivity index (χ1v) is 8.91. The molecule has 0 amide bonds. The summed E-state index contributed by atoms with van der Waals surface area (Å²) < 4.78 is 2.12. The number of aryl methyl sites for hydroxylation is 1. The Morgan fingerprint density at radius 1 is 1.04 bits per heavy atom. The SMILES string of the molecule is CCc1c(-c2cccnc2)ccc2c1ncn2-c1ccc(CCO)cc1. The molecule has 2 aromatic carbocycles. The van der Waals surface area contributed by atoms with Gasteiger partial charge in [-0.05, 0) is 53.8 Å². The molecule has 2 heterocycles. The number of fused-ring (bicyclic) bond motifs is 1. The molecule has 130 valence electrons. The summed E-state index contributed by atoms with van der Waals surface area (Å²) in [6.45, 7) is 2.33. The van der Waals surface area contributed by atoms with Gasteiger partial charge in [0.2, 0.25) is 0 Å². The van der Waals surface area contributed by atoms with E-state index in [2.05, 4.69) is 58.9 Å². The minimum atomic E-state index is 0.171. The van der Waals surface area contributed by atoms with Gasteiger partial charge in [-0.25, -0.2) is 4.98 Å². The van der Waals surface area contributed by atoms with E-state index >= 15 is 0 Å². The van der Waals surface area contributed by atoms with Crippen LogP contribution in [0.2, 0.25) is 0 Å². The molecule has 4 aromatic rings. The molecule has 0 saturated carbocycles. The van der Waals surface area contributed by atoms with Gasteiger partial charge in [0, 0.05) is 30.3 Å². The molecular formula is C22H21N3O. The van der Waals surface area contributed by atoms with Crippen molar-refractivity contribution < 1.29 is 5.11 Å². The highest BCUT2D eigenvalue weighted by atomic mass is 16.2. The van der Waals surface area contributed by atoms with E-state index in [1.54, 1.807) is 6.20 Å². The quantitative estimate of drug-likeness (QED) is 0.591. The van der Waals surface area contributed by atoms with Crippen LogP contribution in [0.25, 0.3) is 27.8 Å². The predicted octanol–water partition coefficient (Wildman–Crippen LogP) is 4.18. The highest BCUT2D eigenvalue weighted by Crippen LogP contribution is 2.31. The first kappa shape index (κ1) is 16.5. The third kappa shape index (κ3) is 2.89. The molecule has 0 aliphatic rings. The van der Waals surface area contributed by atoms with E-state index in [1.807, 2.05) is 18.6 Å². The molecule has 0 bridgehead atoms. The third-order valence-electron chi connectivity index (χ3n) is 4.76. The van der Waals surface area contributed by atoms with Crippen molar-refractivity contribution in [1.82, 2.24) is 14.5 Å². The average molecular weight is 343 g/mol. The van der Waals surface area contributed by atoms with E-state index in [0.29, 0.717) is 6.42 Å². The van der Waals surface area contributed by atoms with Crippen LogP contribution >= 0.6 is 0 Å². The second-order valence-corrected chi connectivity index (χ2v) is 6.31. The van der Waals surface area contributed by atoms with Crippen molar-refractivity contribution >= 4 is 11.0 Å². The molecule has 4 rings (SSSR count). The van der Waals surface area contributed by atoms with Crippen molar-refractivity contribution in [3.8, 4) is 16.8 Å². The van der Waals surface area contributed by atoms with Crippen molar-refractivity contribution in [2.45, 2.75) is 19.8 Å². The second kappa shape index (κ2) is 7.10. The van der Waals surface area contributed by atoms with Gasteiger partial charge in [0.25, 0.3) is 0 Å². The topological polar surface area (TPSA) is 50.9 Å². The summed E-state index contributed by atoms with van der Waals surface area (Å²) in [5.74, 6) is 0. The lowest BCUT2D eigenvalue weighted by Gasteiger charge is -2.10. The van der Waals surface area contributed by atoms with Crippen LogP contribution in [0.1, 0.15) is 18.1 Å². The van der Waals surface area contributed by atoms with Gasteiger partial charge < -0.3 is 5.11 Å². The smallest absolute Gasteiger partial charge is 0.100 e. The van der Waals surface area contributed by atoms with E-state index in [-0.39, 0.29) is 6.61 Å². The molecule has 1 N–H and O–H groups in total. The van der Waals surface area contributed by atoms with Gasteiger partial charge in [-0.15, -0.1) is 0 Å². The summed E-state index contributed by atoms with van der Waals surface area (Å²) >= 11 is 0. The molecule has 26 heavy (non-hydrogen) atoms. The molecule has 0 unspecified atom stereocenters. The summed E-state index contributed by atoms with van der Waals surface area (Å²) in [6, 6.07) is 16.6. The molecule has 2 aromatic heterocycles. The Balaban J connectivity index is 1.82. The first-order valence-electron chi connectivity index (χ1n) is 8.91. The number of nitrogens with zero attached hydrogens (tertiary/aromatic N) is 3. The summed E-state index contributed by atoms with van der Waals surface area (Å²) in [6.07, 6.45) is 7.17. The maximum Gasteiger partial charge on any atom is 0.100 e. The fourth-order valence-corrected chi connectivity index (χ4v) is 3.45. The fraction of sp³-hybridized carbons (Fsp3) is 0.182. The Kier molecular flexibility index (Phi) is 4.50. The van der Waals surface area contributed by atoms with Crippen molar-refractivity contribution in [3.63, 3.8) is 0 Å². The fourth-order valence-electron chi connectivity index (χ4n) is 3.45. The van der Waals surface area contributed by atoms with Crippen LogP contribution in [0, 0.1) is 0 Å². The highest BCUT2D eigenvalue weighted by Gasteiger charge is 2.13. The maximum absolute atomic E-state index is 9.07. The number of benzene rings is 2. The lowest BCUT2D eigenvalue weighted by atomic mass is 9.98. The maximum atomic E-state index is 9.07. The zero-order valence-electron chi connectivity index (χ0n) is 14.8. The summed E-state index contributed by atoms with van der Waals surface area (Å²) in [4.78, 5) is 8.96. The first-order chi connectivity index (χ1) is 12.8. The zero-order valence-corrected chi connectivity index (χ0v) is 14.8. The molecule has 4 heteroatoms. The summed E-state index contributed by atoms with van der Waals surface area (Å²) in [5, 5.41) is 9.07. The normalized spacial score (nSPS) is 11.2. The average Bonchev–Trinajstić information content (AvgIpc) is 3.13. The van der Waals surface area contributed by atoms with Crippen molar-refractivity contribution in [2.75, 3.05) is 6.61 Å². The Bertz CT molecular complexity index is 1020. The van der Waals surface area contributed by atoms with Crippen LogP contribution in [0.5, 0.6) is 0 Å².